The van der Waals surface area contributed by atoms with Crippen molar-refractivity contribution in [2.24, 2.45) is 4.99 Å². The van der Waals surface area contributed by atoms with Gasteiger partial charge in [-0.3, -0.25) is 0 Å². The Morgan fingerprint density at radius 3 is 2.41 bits per heavy atom. The monoisotopic (exact) mass is 487 g/mol. The number of aliphatic hydroxyl groups is 1. The van der Waals surface area contributed by atoms with Crippen LogP contribution < -0.4 is 15.4 Å². The van der Waals surface area contributed by atoms with E-state index in [1.807, 2.05) is 51.1 Å². The van der Waals surface area contributed by atoms with Crippen LogP contribution in [0.5, 0.6) is 5.75 Å². The Morgan fingerprint density at radius 2 is 1.89 bits per heavy atom. The molecule has 1 heterocycles. The van der Waals surface area contributed by atoms with Crippen molar-refractivity contribution >= 4 is 29.9 Å². The van der Waals surface area contributed by atoms with Crippen molar-refractivity contribution in [1.29, 1.82) is 0 Å². The van der Waals surface area contributed by atoms with Gasteiger partial charge in [0.05, 0.1) is 20.2 Å². The molecule has 6 nitrogen and oxygen atoms in total. The van der Waals surface area contributed by atoms with Crippen molar-refractivity contribution in [3.63, 3.8) is 0 Å². The topological polar surface area (TPSA) is 79.0 Å². The van der Waals surface area contributed by atoms with Crippen molar-refractivity contribution in [1.82, 2.24) is 10.6 Å². The molecule has 0 radical (unpaired) electrons. The fraction of sp³-hybridized carbons (Fsp3) is 0.450. The molecule has 3 N–H and O–H groups in total. The summed E-state index contributed by atoms with van der Waals surface area (Å²) in [5.41, 5.74) is 0.808. The van der Waals surface area contributed by atoms with E-state index in [1.165, 1.54) is 0 Å². The van der Waals surface area contributed by atoms with E-state index in [-0.39, 0.29) is 24.0 Å². The molecule has 0 aliphatic rings. The number of aliphatic imine (C=N–C) groups is 1. The number of aryl methyl sites for hydroxylation is 2. The van der Waals surface area contributed by atoms with Crippen molar-refractivity contribution in [3.8, 4) is 5.75 Å². The van der Waals surface area contributed by atoms with Gasteiger partial charge in [0.25, 0.3) is 0 Å². The maximum absolute atomic E-state index is 10.8. The summed E-state index contributed by atoms with van der Waals surface area (Å²) in [7, 11) is 1.65. The van der Waals surface area contributed by atoms with Crippen LogP contribution in [0, 0.1) is 13.8 Å². The van der Waals surface area contributed by atoms with Crippen molar-refractivity contribution in [2.45, 2.75) is 39.8 Å². The SMILES string of the molecule is CCNC(=NCc1ccc(OC)cc1)NCC(C)(O)c1cc(C)oc1C.I. The number of hydrogen-bond acceptors (Lipinski definition) is 4. The van der Waals surface area contributed by atoms with Gasteiger partial charge in [0.1, 0.15) is 22.9 Å². The molecule has 27 heavy (non-hydrogen) atoms. The van der Waals surface area contributed by atoms with Crippen molar-refractivity contribution < 1.29 is 14.3 Å². The first-order valence-electron chi connectivity index (χ1n) is 8.80. The van der Waals surface area contributed by atoms with E-state index in [2.05, 4.69) is 15.6 Å². The molecule has 0 fully saturated rings. The molecule has 1 unspecified atom stereocenters. The number of ether oxygens (including phenoxy) is 1. The van der Waals surface area contributed by atoms with Crippen molar-refractivity contribution in [3.05, 3.63) is 53.0 Å². The Hall–Kier alpha value is -1.74. The van der Waals surface area contributed by atoms with Crippen LogP contribution >= 0.6 is 24.0 Å². The van der Waals surface area contributed by atoms with Crippen LogP contribution in [0.2, 0.25) is 0 Å². The average molecular weight is 487 g/mol. The van der Waals surface area contributed by atoms with Gasteiger partial charge in [-0.15, -0.1) is 24.0 Å². The van der Waals surface area contributed by atoms with E-state index in [1.54, 1.807) is 14.0 Å². The molecule has 7 heteroatoms. The quantitative estimate of drug-likeness (QED) is 0.317. The van der Waals surface area contributed by atoms with E-state index in [4.69, 9.17) is 9.15 Å². The molecular weight excluding hydrogens is 457 g/mol. The molecule has 0 saturated heterocycles. The zero-order chi connectivity index (χ0) is 19.2. The van der Waals surface area contributed by atoms with E-state index < -0.39 is 5.60 Å². The normalized spacial score (nSPS) is 13.5. The van der Waals surface area contributed by atoms with Gasteiger partial charge < -0.3 is 24.9 Å². The number of nitrogens with zero attached hydrogens (tertiary/aromatic N) is 1. The van der Waals surface area contributed by atoms with E-state index in [0.717, 1.165) is 34.9 Å². The third kappa shape index (κ3) is 6.73. The molecule has 0 saturated carbocycles. The molecule has 1 atom stereocenters. The predicted octanol–water partition coefficient (Wildman–Crippen LogP) is 3.49. The molecule has 0 bridgehead atoms. The first kappa shape index (κ1) is 23.3. The van der Waals surface area contributed by atoms with Gasteiger partial charge in [-0.25, -0.2) is 4.99 Å². The summed E-state index contributed by atoms with van der Waals surface area (Å²) in [5, 5.41) is 17.2. The molecule has 0 aliphatic carbocycles. The second-order valence-electron chi connectivity index (χ2n) is 6.50. The molecular formula is C20H30IN3O3. The molecule has 1 aromatic heterocycles. The fourth-order valence-corrected chi connectivity index (χ4v) is 2.76. The summed E-state index contributed by atoms with van der Waals surface area (Å²) in [6, 6.07) is 9.68. The lowest BCUT2D eigenvalue weighted by Crippen LogP contribution is -2.44. The number of furan rings is 1. The third-order valence-corrected chi connectivity index (χ3v) is 4.14. The summed E-state index contributed by atoms with van der Waals surface area (Å²) in [5.74, 6) is 3.00. The summed E-state index contributed by atoms with van der Waals surface area (Å²) < 4.78 is 10.7. The van der Waals surface area contributed by atoms with Gasteiger partial charge in [0, 0.05) is 12.1 Å². The highest BCUT2D eigenvalue weighted by atomic mass is 127. The largest absolute Gasteiger partial charge is 0.497 e. The summed E-state index contributed by atoms with van der Waals surface area (Å²) in [6.07, 6.45) is 0. The lowest BCUT2D eigenvalue weighted by atomic mass is 9.96. The molecule has 150 valence electrons. The van der Waals surface area contributed by atoms with E-state index in [0.29, 0.717) is 19.0 Å². The highest BCUT2D eigenvalue weighted by Crippen LogP contribution is 2.26. The van der Waals surface area contributed by atoms with Crippen LogP contribution in [0.4, 0.5) is 0 Å². The van der Waals surface area contributed by atoms with E-state index >= 15 is 0 Å². The Bertz CT molecular complexity index is 739. The van der Waals surface area contributed by atoms with Crippen LogP contribution in [0.25, 0.3) is 0 Å². The zero-order valence-electron chi connectivity index (χ0n) is 16.6. The minimum atomic E-state index is -1.06. The molecule has 1 aromatic carbocycles. The van der Waals surface area contributed by atoms with Gasteiger partial charge in [-0.05, 0) is 51.5 Å². The maximum Gasteiger partial charge on any atom is 0.191 e. The lowest BCUT2D eigenvalue weighted by molar-refractivity contribution is 0.0601. The number of benzene rings is 1. The molecule has 2 rings (SSSR count). The first-order valence-corrected chi connectivity index (χ1v) is 8.80. The summed E-state index contributed by atoms with van der Waals surface area (Å²) in [6.45, 7) is 9.10. The fourth-order valence-electron chi connectivity index (χ4n) is 2.76. The number of hydrogen-bond donors (Lipinski definition) is 3. The third-order valence-electron chi connectivity index (χ3n) is 4.14. The highest BCUT2D eigenvalue weighted by molar-refractivity contribution is 14.0. The average Bonchev–Trinajstić information content (AvgIpc) is 2.97. The van der Waals surface area contributed by atoms with Crippen LogP contribution in [-0.4, -0.2) is 31.3 Å². The standard InChI is InChI=1S/C20H29N3O3.HI/c1-6-21-19(22-12-16-7-9-17(25-5)10-8-16)23-13-20(4,24)18-11-14(2)26-15(18)3;/h7-11,24H,6,12-13H2,1-5H3,(H2,21,22,23);1H. The maximum atomic E-state index is 10.8. The van der Waals surface area contributed by atoms with Gasteiger partial charge in [-0.2, -0.15) is 0 Å². The second-order valence-corrected chi connectivity index (χ2v) is 6.50. The Balaban J connectivity index is 0.00000364. The van der Waals surface area contributed by atoms with E-state index in [9.17, 15) is 5.11 Å². The number of guanidine groups is 1. The molecule has 2 aromatic rings. The lowest BCUT2D eigenvalue weighted by Gasteiger charge is -2.24. The Morgan fingerprint density at radius 1 is 1.22 bits per heavy atom. The number of halogens is 1. The Kier molecular flexibility index (Phi) is 9.11. The number of methoxy groups -OCH3 is 1. The van der Waals surface area contributed by atoms with Gasteiger partial charge in [0.2, 0.25) is 0 Å². The minimum absolute atomic E-state index is 0. The van der Waals surface area contributed by atoms with Gasteiger partial charge >= 0.3 is 0 Å². The molecule has 0 spiro atoms. The minimum Gasteiger partial charge on any atom is -0.497 e. The van der Waals surface area contributed by atoms with Gasteiger partial charge in [-0.1, -0.05) is 12.1 Å². The molecule has 0 amide bonds. The van der Waals surface area contributed by atoms with Crippen molar-refractivity contribution in [2.75, 3.05) is 20.2 Å². The van der Waals surface area contributed by atoms with Gasteiger partial charge in [0.15, 0.2) is 5.96 Å². The number of rotatable bonds is 7. The smallest absolute Gasteiger partial charge is 0.191 e. The zero-order valence-corrected chi connectivity index (χ0v) is 19.0. The summed E-state index contributed by atoms with van der Waals surface area (Å²) >= 11 is 0. The van der Waals surface area contributed by atoms with Crippen LogP contribution in [-0.2, 0) is 12.1 Å². The summed E-state index contributed by atoms with van der Waals surface area (Å²) in [4.78, 5) is 4.58. The molecule has 0 aliphatic heterocycles. The predicted molar refractivity (Wildman–Crippen MR) is 119 cm³/mol. The number of nitrogens with one attached hydrogen (secondary N) is 2. The first-order chi connectivity index (χ1) is 12.4. The van der Waals surface area contributed by atoms with Crippen LogP contribution in [0.15, 0.2) is 39.7 Å². The second kappa shape index (κ2) is 10.6. The Labute approximate surface area is 178 Å². The van der Waals surface area contributed by atoms with Crippen LogP contribution in [0.1, 0.15) is 36.5 Å². The van der Waals surface area contributed by atoms with Crippen LogP contribution in [0.3, 0.4) is 0 Å². The highest BCUT2D eigenvalue weighted by Gasteiger charge is 2.27.